The van der Waals surface area contributed by atoms with E-state index in [-0.39, 0.29) is 63.1 Å². The molecule has 0 aromatic carbocycles. The first-order valence-corrected chi connectivity index (χ1v) is 32.4. The number of aliphatic hydroxyl groups excluding tert-OH is 5. The van der Waals surface area contributed by atoms with Crippen molar-refractivity contribution in [2.24, 2.45) is 17.8 Å². The van der Waals surface area contributed by atoms with Crippen LogP contribution in [0, 0.1) is 17.8 Å². The number of aliphatic carboxylic acids is 1. The van der Waals surface area contributed by atoms with E-state index in [1.54, 1.807) is 7.11 Å². The number of hydrogen-bond acceptors (Lipinski definition) is 26. The molecule has 2 saturated heterocycles. The smallest absolute Gasteiger partial charge is 0.332 e. The molecule has 0 radical (unpaired) electrons. The maximum absolute atomic E-state index is 14.1. The summed E-state index contributed by atoms with van der Waals surface area (Å²) in [6, 6.07) is -1.32. The number of nitrogens with one attached hydrogen (secondary N) is 2. The summed E-state index contributed by atoms with van der Waals surface area (Å²) in [6.45, 7) is 14.2. The van der Waals surface area contributed by atoms with Crippen molar-refractivity contribution in [1.29, 1.82) is 0 Å². The number of aliphatic hydroxyl groups is 5. The van der Waals surface area contributed by atoms with Crippen LogP contribution in [0.2, 0.25) is 0 Å². The number of rotatable bonds is 53. The van der Waals surface area contributed by atoms with Gasteiger partial charge in [0.25, 0.3) is 0 Å². The summed E-state index contributed by atoms with van der Waals surface area (Å²) in [5, 5.41) is 70.1. The summed E-state index contributed by atoms with van der Waals surface area (Å²) in [7, 11) is 1.63. The van der Waals surface area contributed by atoms with E-state index in [0.29, 0.717) is 158 Å². The highest BCUT2D eigenvalue weighted by Gasteiger charge is 2.53. The highest BCUT2D eigenvalue weighted by atomic mass is 16.7. The second-order valence-electron chi connectivity index (χ2n) is 22.8. The van der Waals surface area contributed by atoms with E-state index in [0.717, 1.165) is 32.1 Å². The van der Waals surface area contributed by atoms with Gasteiger partial charge in [-0.3, -0.25) is 14.4 Å². The first kappa shape index (κ1) is 79.6. The lowest BCUT2D eigenvalue weighted by atomic mass is 9.74. The van der Waals surface area contributed by atoms with Crippen LogP contribution in [0.15, 0.2) is 0 Å². The van der Waals surface area contributed by atoms with Gasteiger partial charge in [-0.25, -0.2) is 4.79 Å². The molecule has 29 heteroatoms. The normalized spacial score (nSPS) is 27.8. The number of carboxylic acid groups (broad SMARTS) is 1. The van der Waals surface area contributed by atoms with Gasteiger partial charge in [0.15, 0.2) is 18.7 Å². The van der Waals surface area contributed by atoms with Gasteiger partial charge in [0.1, 0.15) is 48.4 Å². The summed E-state index contributed by atoms with van der Waals surface area (Å²) in [5.41, 5.74) is 0. The topological polar surface area (TPSA) is 371 Å². The summed E-state index contributed by atoms with van der Waals surface area (Å²) >= 11 is 0. The van der Waals surface area contributed by atoms with Gasteiger partial charge in [-0.05, 0) is 44.4 Å². The predicted octanol–water partition coefficient (Wildman–Crippen LogP) is 0.0967. The number of carboxylic acids is 1. The van der Waals surface area contributed by atoms with Gasteiger partial charge >= 0.3 is 5.97 Å². The maximum atomic E-state index is 14.1. The van der Waals surface area contributed by atoms with Crippen molar-refractivity contribution in [3.05, 3.63) is 0 Å². The van der Waals surface area contributed by atoms with Gasteiger partial charge in [-0.2, -0.15) is 0 Å². The van der Waals surface area contributed by atoms with E-state index in [1.165, 1.54) is 13.8 Å². The lowest BCUT2D eigenvalue weighted by Gasteiger charge is -2.49. The Morgan fingerprint density at radius 2 is 1.06 bits per heavy atom. The average molecular weight is 1300 g/mol. The van der Waals surface area contributed by atoms with Crippen LogP contribution in [0.4, 0.5) is 0 Å². The largest absolute Gasteiger partial charge is 0.479 e. The van der Waals surface area contributed by atoms with Crippen LogP contribution in [-0.4, -0.2) is 306 Å². The monoisotopic (exact) mass is 1300 g/mol. The molecule has 8 N–H and O–H groups in total. The van der Waals surface area contributed by atoms with Gasteiger partial charge in [0.05, 0.1) is 177 Å². The second kappa shape index (κ2) is 48.8. The van der Waals surface area contributed by atoms with Crippen molar-refractivity contribution in [3.63, 3.8) is 0 Å². The molecule has 2 aliphatic heterocycles. The summed E-state index contributed by atoms with van der Waals surface area (Å²) in [5.74, 6) is -3.18. The average Bonchev–Trinajstić information content (AvgIpc) is 0.989. The van der Waals surface area contributed by atoms with E-state index in [4.69, 9.17) is 80.5 Å². The number of hydrogen-bond donors (Lipinski definition) is 8. The molecular weight excluding hydrogens is 1190 g/mol. The van der Waals surface area contributed by atoms with Gasteiger partial charge in [0, 0.05) is 39.3 Å². The molecule has 4 rings (SSSR count). The molecule has 7 unspecified atom stereocenters. The minimum atomic E-state index is -1.67. The van der Waals surface area contributed by atoms with Crippen LogP contribution >= 0.6 is 0 Å². The third-order valence-electron chi connectivity index (χ3n) is 16.0. The molecule has 4 fully saturated rings. The highest BCUT2D eigenvalue weighted by Crippen LogP contribution is 2.40. The van der Waals surface area contributed by atoms with E-state index in [1.807, 2.05) is 6.92 Å². The zero-order chi connectivity index (χ0) is 65.1. The molecule has 0 bridgehead atoms. The number of methoxy groups -OCH3 is 1. The van der Waals surface area contributed by atoms with Gasteiger partial charge in [-0.1, -0.05) is 45.4 Å². The molecule has 0 aromatic heterocycles. The van der Waals surface area contributed by atoms with Crippen LogP contribution in [0.3, 0.4) is 0 Å². The van der Waals surface area contributed by atoms with Crippen molar-refractivity contribution in [2.45, 2.75) is 177 Å². The van der Waals surface area contributed by atoms with E-state index >= 15 is 0 Å². The Bertz CT molecular complexity index is 1860. The summed E-state index contributed by atoms with van der Waals surface area (Å²) in [4.78, 5) is 52.3. The highest BCUT2D eigenvalue weighted by molar-refractivity contribution is 5.81. The number of ketones is 1. The zero-order valence-corrected chi connectivity index (χ0v) is 53.7. The van der Waals surface area contributed by atoms with Crippen molar-refractivity contribution in [2.75, 3.05) is 172 Å². The number of carbonyl (C=O) groups is 4. The first-order valence-electron chi connectivity index (χ1n) is 32.4. The molecular formula is C61H110N2O27. The molecule has 0 aromatic rings. The molecule has 526 valence electrons. The molecule has 2 heterocycles. The lowest BCUT2D eigenvalue weighted by Crippen LogP contribution is -2.67. The Labute approximate surface area is 530 Å². The molecule has 15 atom stereocenters. The minimum Gasteiger partial charge on any atom is -0.479 e. The Balaban J connectivity index is 1.07. The van der Waals surface area contributed by atoms with E-state index in [9.17, 15) is 49.8 Å². The lowest BCUT2D eigenvalue weighted by molar-refractivity contribution is -0.338. The number of ether oxygens (including phenoxy) is 17. The van der Waals surface area contributed by atoms with Crippen molar-refractivity contribution in [1.82, 2.24) is 10.6 Å². The minimum absolute atomic E-state index is 0.0280. The second-order valence-corrected chi connectivity index (χ2v) is 22.8. The SMILES string of the molecule is CCC1CC(C(=O)CCCNC(=O)CCOCCOCCOCCOCCOCCOCCOCCOCCOCCOCCOCCOC)C[C@@H](O[C@@H]2O[C@@H](CO)C(O)C(O[C@@H](CC3CCCCC3)C(=O)O)C2NC(C)=O)[C@@H]1OC1O[C@@H](C)[C@H](O)C(O)[C@@H]1O. The quantitative estimate of drug-likeness (QED) is 0.0374. The summed E-state index contributed by atoms with van der Waals surface area (Å²) < 4.78 is 96.6. The number of amides is 2. The van der Waals surface area contributed by atoms with Crippen molar-refractivity contribution >= 4 is 23.6 Å². The standard InChI is InChI=1S/C61H110N2O27/c1-5-45-39-46(40-48(57(45)90-61-56(71)55(70)53(68)42(2)86-61)88-60-52(63-43(3)65)58(54(69)50(41-64)89-60)87-49(59(72)73)38-44-10-7-6-8-11-44)47(66)12-9-14-62-51(67)13-15-75-18-19-77-22-23-79-26-27-81-30-31-83-34-35-85-37-36-84-33-32-82-29-28-80-25-24-78-21-20-76-17-16-74-4/h42,44-46,48-50,52-58,60-61,64,68-71H,5-41H2,1-4H3,(H,62,67)(H,63,65)(H,72,73)/t42-,45?,46?,48+,49-,50-,52?,53-,54?,55?,56-,57+,58?,60+,61?/m0/s1. The van der Waals surface area contributed by atoms with Gasteiger partial charge in [0.2, 0.25) is 11.8 Å². The Kier molecular flexibility index (Phi) is 43.2. The van der Waals surface area contributed by atoms with Crippen LogP contribution < -0.4 is 10.6 Å². The molecule has 0 spiro atoms. The van der Waals surface area contributed by atoms with Crippen LogP contribution in [0.25, 0.3) is 0 Å². The zero-order valence-electron chi connectivity index (χ0n) is 53.7. The Hall–Kier alpha value is -2.80. The predicted molar refractivity (Wildman–Crippen MR) is 318 cm³/mol. The molecule has 90 heavy (non-hydrogen) atoms. The molecule has 4 aliphatic rings. The fourth-order valence-electron chi connectivity index (χ4n) is 11.0. The van der Waals surface area contributed by atoms with E-state index < -0.39 is 110 Å². The first-order chi connectivity index (χ1) is 43.7. The number of Topliss-reactive ketones (excluding diaryl/α,β-unsaturated/α-hetero) is 1. The van der Waals surface area contributed by atoms with Crippen LogP contribution in [0.5, 0.6) is 0 Å². The van der Waals surface area contributed by atoms with Gasteiger partial charge < -0.3 is 122 Å². The Morgan fingerprint density at radius 3 is 1.51 bits per heavy atom. The third-order valence-corrected chi connectivity index (χ3v) is 16.0. The number of carbonyl (C=O) groups excluding carboxylic acids is 3. The van der Waals surface area contributed by atoms with Crippen LogP contribution in [-0.2, 0) is 99.7 Å². The fraction of sp³-hybridized carbons (Fsp3) is 0.934. The summed E-state index contributed by atoms with van der Waals surface area (Å²) in [6.07, 6.45) is -10.3. The maximum Gasteiger partial charge on any atom is 0.332 e. The fourth-order valence-corrected chi connectivity index (χ4v) is 11.0. The molecule has 29 nitrogen and oxygen atoms in total. The van der Waals surface area contributed by atoms with Crippen LogP contribution in [0.1, 0.15) is 97.8 Å². The molecule has 2 amide bonds. The van der Waals surface area contributed by atoms with Crippen molar-refractivity contribution < 1.29 is 130 Å². The van der Waals surface area contributed by atoms with E-state index in [2.05, 4.69) is 10.6 Å². The molecule has 2 saturated carbocycles. The van der Waals surface area contributed by atoms with Crippen molar-refractivity contribution in [3.8, 4) is 0 Å². The Morgan fingerprint density at radius 1 is 0.567 bits per heavy atom. The molecule has 2 aliphatic carbocycles. The van der Waals surface area contributed by atoms with Gasteiger partial charge in [-0.15, -0.1) is 0 Å². The third kappa shape index (κ3) is 32.1.